The van der Waals surface area contributed by atoms with Gasteiger partial charge in [-0.3, -0.25) is 0 Å². The number of rotatable bonds is 6. The Morgan fingerprint density at radius 2 is 1.71 bits per heavy atom. The molecule has 1 atom stereocenters. The van der Waals surface area contributed by atoms with E-state index in [2.05, 4.69) is 23.7 Å². The molecule has 17 heavy (non-hydrogen) atoms. The molecule has 0 aliphatic carbocycles. The summed E-state index contributed by atoms with van der Waals surface area (Å²) in [5.41, 5.74) is 0. The van der Waals surface area contributed by atoms with E-state index in [9.17, 15) is 5.11 Å². The number of allylic oxidation sites excluding steroid dienone is 2. The summed E-state index contributed by atoms with van der Waals surface area (Å²) in [6.07, 6.45) is 7.84. The fourth-order valence-corrected chi connectivity index (χ4v) is 0.988. The van der Waals surface area contributed by atoms with Crippen LogP contribution in [0.15, 0.2) is 24.3 Å². The van der Waals surface area contributed by atoms with Crippen molar-refractivity contribution >= 4 is 0 Å². The van der Waals surface area contributed by atoms with Crippen LogP contribution in [0.1, 0.15) is 19.3 Å². The minimum Gasteiger partial charge on any atom is -0.396 e. The van der Waals surface area contributed by atoms with Crippen molar-refractivity contribution in [3.05, 3.63) is 24.3 Å². The van der Waals surface area contributed by atoms with Crippen LogP contribution in [0.3, 0.4) is 0 Å². The van der Waals surface area contributed by atoms with E-state index in [-0.39, 0.29) is 13.2 Å². The lowest BCUT2D eigenvalue weighted by atomic mass is 10.1. The van der Waals surface area contributed by atoms with E-state index < -0.39 is 6.10 Å². The van der Waals surface area contributed by atoms with Crippen LogP contribution in [0.25, 0.3) is 0 Å². The molecule has 0 saturated heterocycles. The van der Waals surface area contributed by atoms with Crippen molar-refractivity contribution in [2.75, 3.05) is 13.2 Å². The highest BCUT2D eigenvalue weighted by Gasteiger charge is 1.96. The number of aliphatic hydroxyl groups excluding tert-OH is 3. The van der Waals surface area contributed by atoms with E-state index in [1.807, 2.05) is 0 Å². The van der Waals surface area contributed by atoms with Gasteiger partial charge in [0.15, 0.2) is 0 Å². The number of aliphatic hydroxyl groups is 3. The van der Waals surface area contributed by atoms with Crippen LogP contribution in [0.5, 0.6) is 0 Å². The van der Waals surface area contributed by atoms with Crippen LogP contribution in [0.4, 0.5) is 0 Å². The highest BCUT2D eigenvalue weighted by Crippen LogP contribution is 2.00. The van der Waals surface area contributed by atoms with Crippen LogP contribution < -0.4 is 0 Å². The van der Waals surface area contributed by atoms with E-state index >= 15 is 0 Å². The molecule has 0 rings (SSSR count). The summed E-state index contributed by atoms with van der Waals surface area (Å²) in [4.78, 5) is 0. The maximum absolute atomic E-state index is 9.44. The van der Waals surface area contributed by atoms with Crippen LogP contribution in [-0.4, -0.2) is 34.6 Å². The molecule has 0 bridgehead atoms. The minimum absolute atomic E-state index is 0.0258. The van der Waals surface area contributed by atoms with Gasteiger partial charge in [-0.1, -0.05) is 17.9 Å². The quantitative estimate of drug-likeness (QED) is 0.466. The molecule has 0 aromatic rings. The summed E-state index contributed by atoms with van der Waals surface area (Å²) >= 11 is 0. The third-order valence-corrected chi connectivity index (χ3v) is 1.82. The molecule has 0 spiro atoms. The predicted octanol–water partition coefficient (Wildman–Crippen LogP) is 0.621. The van der Waals surface area contributed by atoms with Crippen molar-refractivity contribution in [2.45, 2.75) is 25.4 Å². The molecular weight excluding hydrogens is 216 g/mol. The van der Waals surface area contributed by atoms with Gasteiger partial charge in [0.1, 0.15) is 0 Å². The van der Waals surface area contributed by atoms with Gasteiger partial charge in [-0.15, -0.1) is 0 Å². The van der Waals surface area contributed by atoms with Gasteiger partial charge in [-0.25, -0.2) is 0 Å². The molecule has 0 aromatic heterocycles. The molecule has 0 aliphatic rings. The number of unbranched alkanes of at least 4 members (excludes halogenated alkanes) is 1. The van der Waals surface area contributed by atoms with E-state index in [1.165, 1.54) is 12.2 Å². The Morgan fingerprint density at radius 1 is 1.00 bits per heavy atom. The van der Waals surface area contributed by atoms with Gasteiger partial charge < -0.3 is 15.3 Å². The average Bonchev–Trinajstić information content (AvgIpc) is 2.33. The van der Waals surface area contributed by atoms with Gasteiger partial charge in [0, 0.05) is 6.61 Å². The summed E-state index contributed by atoms with van der Waals surface area (Å²) in [6.45, 7) is 0.134. The summed E-state index contributed by atoms with van der Waals surface area (Å²) in [6, 6.07) is 0. The fourth-order valence-electron chi connectivity index (χ4n) is 0.988. The second-order valence-corrected chi connectivity index (χ2v) is 3.27. The summed E-state index contributed by atoms with van der Waals surface area (Å²) in [5.74, 6) is 10.5. The van der Waals surface area contributed by atoms with Crippen LogP contribution >= 0.6 is 0 Å². The molecule has 3 nitrogen and oxygen atoms in total. The average molecular weight is 234 g/mol. The van der Waals surface area contributed by atoms with Gasteiger partial charge in [-0.05, 0) is 49.3 Å². The Bertz CT molecular complexity index is 347. The van der Waals surface area contributed by atoms with Crippen LogP contribution in [0, 0.1) is 23.7 Å². The molecule has 92 valence electrons. The monoisotopic (exact) mass is 234 g/mol. The van der Waals surface area contributed by atoms with E-state index in [0.29, 0.717) is 12.8 Å². The molecule has 3 heteroatoms. The van der Waals surface area contributed by atoms with Crippen molar-refractivity contribution in [2.24, 2.45) is 0 Å². The summed E-state index contributed by atoms with van der Waals surface area (Å²) in [7, 11) is 0. The first-order valence-corrected chi connectivity index (χ1v) is 5.53. The smallest absolute Gasteiger partial charge is 0.0730 e. The zero-order valence-corrected chi connectivity index (χ0v) is 9.76. The maximum Gasteiger partial charge on any atom is 0.0730 e. The second-order valence-electron chi connectivity index (χ2n) is 3.27. The molecular formula is C14H18O3. The lowest BCUT2D eigenvalue weighted by molar-refractivity contribution is 0.201. The van der Waals surface area contributed by atoms with E-state index in [0.717, 1.165) is 6.42 Å². The molecule has 0 aliphatic heterocycles. The van der Waals surface area contributed by atoms with Crippen molar-refractivity contribution in [1.82, 2.24) is 0 Å². The Labute approximate surface area is 102 Å². The van der Waals surface area contributed by atoms with Crippen molar-refractivity contribution < 1.29 is 15.3 Å². The Balaban J connectivity index is 3.80. The highest BCUT2D eigenvalue weighted by atomic mass is 16.3. The second kappa shape index (κ2) is 12.5. The first-order chi connectivity index (χ1) is 8.31. The molecule has 0 radical (unpaired) electrons. The van der Waals surface area contributed by atoms with Gasteiger partial charge in [0.25, 0.3) is 0 Å². The molecule has 0 unspecified atom stereocenters. The van der Waals surface area contributed by atoms with Crippen LogP contribution in [0.2, 0.25) is 0 Å². The molecule has 0 saturated carbocycles. The van der Waals surface area contributed by atoms with Crippen molar-refractivity contribution in [1.29, 1.82) is 0 Å². The SMILES string of the molecule is OC/C=C/C#CC#C/C=C/[C@H](O)CCCCO. The molecule has 0 aromatic carbocycles. The Morgan fingerprint density at radius 3 is 2.35 bits per heavy atom. The standard InChI is InChI=1S/C14H18O3/c15-12-8-5-3-1-2-4-6-10-14(17)11-7-9-13-16/h5-6,8,10,14-17H,7,9,11-13H2/b8-5+,10-6+/t14-/m0/s1. The lowest BCUT2D eigenvalue weighted by Gasteiger charge is -2.02. The van der Waals surface area contributed by atoms with Crippen molar-refractivity contribution in [3.63, 3.8) is 0 Å². The molecule has 3 N–H and O–H groups in total. The van der Waals surface area contributed by atoms with Crippen LogP contribution in [-0.2, 0) is 0 Å². The van der Waals surface area contributed by atoms with E-state index in [1.54, 1.807) is 12.2 Å². The maximum atomic E-state index is 9.44. The first kappa shape index (κ1) is 15.5. The summed E-state index contributed by atoms with van der Waals surface area (Å²) in [5, 5.41) is 26.4. The topological polar surface area (TPSA) is 60.7 Å². The van der Waals surface area contributed by atoms with Gasteiger partial charge in [0.2, 0.25) is 0 Å². The van der Waals surface area contributed by atoms with E-state index in [4.69, 9.17) is 10.2 Å². The normalized spacial score (nSPS) is 11.9. The largest absolute Gasteiger partial charge is 0.396 e. The predicted molar refractivity (Wildman–Crippen MR) is 67.9 cm³/mol. The van der Waals surface area contributed by atoms with Crippen molar-refractivity contribution in [3.8, 4) is 23.7 Å². The lowest BCUT2D eigenvalue weighted by Crippen LogP contribution is -2.01. The van der Waals surface area contributed by atoms with Gasteiger partial charge in [-0.2, -0.15) is 0 Å². The van der Waals surface area contributed by atoms with Gasteiger partial charge >= 0.3 is 0 Å². The molecule has 0 fully saturated rings. The molecule has 0 heterocycles. The third-order valence-electron chi connectivity index (χ3n) is 1.82. The Hall–Kier alpha value is -1.52. The zero-order chi connectivity index (χ0) is 12.8. The van der Waals surface area contributed by atoms with Gasteiger partial charge in [0.05, 0.1) is 12.7 Å². The molecule has 0 amide bonds. The summed E-state index contributed by atoms with van der Waals surface area (Å²) < 4.78 is 0. The fraction of sp³-hybridized carbons (Fsp3) is 0.429. The first-order valence-electron chi connectivity index (χ1n) is 5.53. The third kappa shape index (κ3) is 12.4. The highest BCUT2D eigenvalue weighted by molar-refractivity contribution is 5.34. The number of hydrogen-bond acceptors (Lipinski definition) is 3. The number of hydrogen-bond donors (Lipinski definition) is 3. The zero-order valence-electron chi connectivity index (χ0n) is 9.76. The minimum atomic E-state index is -0.516. The Kier molecular flexibility index (Phi) is 11.4.